The third kappa shape index (κ3) is 5.08. The molecule has 0 saturated carbocycles. The SMILES string of the molecule is Cc1cccc(F)c1/C=C/C1CCN(C(=O)OC(C)(C)C)CC1. The van der Waals surface area contributed by atoms with Gasteiger partial charge < -0.3 is 9.64 Å². The van der Waals surface area contributed by atoms with E-state index in [1.807, 2.05) is 39.8 Å². The summed E-state index contributed by atoms with van der Waals surface area (Å²) in [6.45, 7) is 8.89. The van der Waals surface area contributed by atoms with Gasteiger partial charge in [0, 0.05) is 18.7 Å². The van der Waals surface area contributed by atoms with E-state index in [1.54, 1.807) is 11.0 Å². The Bertz CT molecular complexity index is 561. The van der Waals surface area contributed by atoms with Crippen molar-refractivity contribution in [3.8, 4) is 0 Å². The van der Waals surface area contributed by atoms with Gasteiger partial charge in [0.25, 0.3) is 0 Å². The van der Waals surface area contributed by atoms with E-state index in [-0.39, 0.29) is 11.9 Å². The minimum absolute atomic E-state index is 0.188. The van der Waals surface area contributed by atoms with Gasteiger partial charge in [0.15, 0.2) is 0 Å². The lowest BCUT2D eigenvalue weighted by Gasteiger charge is -2.32. The van der Waals surface area contributed by atoms with Crippen molar-refractivity contribution in [1.82, 2.24) is 4.90 Å². The van der Waals surface area contributed by atoms with Crippen molar-refractivity contribution in [2.24, 2.45) is 5.92 Å². The molecule has 0 aliphatic carbocycles. The van der Waals surface area contributed by atoms with Gasteiger partial charge in [-0.2, -0.15) is 0 Å². The first-order valence-electron chi connectivity index (χ1n) is 8.17. The maximum Gasteiger partial charge on any atom is 0.410 e. The van der Waals surface area contributed by atoms with Crippen LogP contribution in [0.15, 0.2) is 24.3 Å². The third-order valence-electron chi connectivity index (χ3n) is 4.00. The zero-order valence-electron chi connectivity index (χ0n) is 14.4. The number of carbonyl (C=O) groups is 1. The average molecular weight is 319 g/mol. The molecule has 0 aromatic heterocycles. The van der Waals surface area contributed by atoms with Crippen LogP contribution >= 0.6 is 0 Å². The summed E-state index contributed by atoms with van der Waals surface area (Å²) in [5.74, 6) is 0.181. The predicted molar refractivity (Wildman–Crippen MR) is 90.7 cm³/mol. The number of aryl methyl sites for hydroxylation is 1. The van der Waals surface area contributed by atoms with E-state index >= 15 is 0 Å². The number of likely N-dealkylation sites (tertiary alicyclic amines) is 1. The molecule has 0 atom stereocenters. The molecule has 2 rings (SSSR count). The molecule has 0 bridgehead atoms. The molecule has 1 heterocycles. The fourth-order valence-corrected chi connectivity index (χ4v) is 2.69. The van der Waals surface area contributed by atoms with Gasteiger partial charge in [-0.1, -0.05) is 24.3 Å². The lowest BCUT2D eigenvalue weighted by molar-refractivity contribution is 0.0197. The van der Waals surface area contributed by atoms with Gasteiger partial charge in [0.1, 0.15) is 11.4 Å². The average Bonchev–Trinajstić information content (AvgIpc) is 2.45. The van der Waals surface area contributed by atoms with E-state index in [1.165, 1.54) is 6.07 Å². The molecule has 3 nitrogen and oxygen atoms in total. The van der Waals surface area contributed by atoms with Gasteiger partial charge in [-0.05, 0) is 58.1 Å². The van der Waals surface area contributed by atoms with Crippen LogP contribution in [0.1, 0.15) is 44.7 Å². The summed E-state index contributed by atoms with van der Waals surface area (Å²) in [7, 11) is 0. The van der Waals surface area contributed by atoms with Gasteiger partial charge in [0.2, 0.25) is 0 Å². The monoisotopic (exact) mass is 319 g/mol. The first-order valence-corrected chi connectivity index (χ1v) is 8.17. The van der Waals surface area contributed by atoms with Crippen LogP contribution in [0.3, 0.4) is 0 Å². The van der Waals surface area contributed by atoms with Crippen LogP contribution < -0.4 is 0 Å². The molecule has 23 heavy (non-hydrogen) atoms. The number of carbonyl (C=O) groups excluding carboxylic acids is 1. The van der Waals surface area contributed by atoms with E-state index in [9.17, 15) is 9.18 Å². The molecule has 0 unspecified atom stereocenters. The second kappa shape index (κ2) is 7.16. The summed E-state index contributed by atoms with van der Waals surface area (Å²) in [5, 5.41) is 0. The Labute approximate surface area is 138 Å². The Balaban J connectivity index is 1.90. The highest BCUT2D eigenvalue weighted by atomic mass is 19.1. The number of nitrogens with zero attached hydrogens (tertiary/aromatic N) is 1. The predicted octanol–water partition coefficient (Wildman–Crippen LogP) is 4.79. The highest BCUT2D eigenvalue weighted by molar-refractivity contribution is 5.68. The highest BCUT2D eigenvalue weighted by Gasteiger charge is 2.25. The van der Waals surface area contributed by atoms with Crippen molar-refractivity contribution in [1.29, 1.82) is 0 Å². The van der Waals surface area contributed by atoms with Gasteiger partial charge in [0.05, 0.1) is 0 Å². The molecule has 0 radical (unpaired) electrons. The number of amides is 1. The van der Waals surface area contributed by atoms with Crippen molar-refractivity contribution >= 4 is 12.2 Å². The Morgan fingerprint density at radius 3 is 2.52 bits per heavy atom. The van der Waals surface area contributed by atoms with Crippen LogP contribution in [-0.4, -0.2) is 29.7 Å². The minimum Gasteiger partial charge on any atom is -0.444 e. The Morgan fingerprint density at radius 2 is 1.96 bits per heavy atom. The lowest BCUT2D eigenvalue weighted by Crippen LogP contribution is -2.41. The molecule has 1 fully saturated rings. The summed E-state index contributed by atoms with van der Waals surface area (Å²) < 4.78 is 19.2. The lowest BCUT2D eigenvalue weighted by atomic mass is 9.95. The molecule has 4 heteroatoms. The van der Waals surface area contributed by atoms with E-state index < -0.39 is 5.60 Å². The standard InChI is InChI=1S/C19H26FNO2/c1-14-6-5-7-17(20)16(14)9-8-15-10-12-21(13-11-15)18(22)23-19(2,3)4/h5-9,15H,10-13H2,1-4H3/b9-8+. The van der Waals surface area contributed by atoms with Crippen molar-refractivity contribution in [3.63, 3.8) is 0 Å². The van der Waals surface area contributed by atoms with Crippen LogP contribution in [0.5, 0.6) is 0 Å². The topological polar surface area (TPSA) is 29.5 Å². The van der Waals surface area contributed by atoms with Crippen molar-refractivity contribution < 1.29 is 13.9 Å². The Kier molecular flexibility index (Phi) is 5.45. The number of rotatable bonds is 2. The molecule has 1 amide bonds. The van der Waals surface area contributed by atoms with Gasteiger partial charge in [-0.25, -0.2) is 9.18 Å². The van der Waals surface area contributed by atoms with Crippen molar-refractivity contribution in [2.75, 3.05) is 13.1 Å². The van der Waals surface area contributed by atoms with E-state index in [0.717, 1.165) is 18.4 Å². The van der Waals surface area contributed by atoms with Gasteiger partial charge in [-0.3, -0.25) is 0 Å². The summed E-state index contributed by atoms with van der Waals surface area (Å²) in [6, 6.07) is 5.12. The number of hydrogen-bond donors (Lipinski definition) is 0. The number of allylic oxidation sites excluding steroid dienone is 1. The smallest absolute Gasteiger partial charge is 0.410 e. The second-order valence-electron chi connectivity index (χ2n) is 7.13. The summed E-state index contributed by atoms with van der Waals surface area (Å²) in [4.78, 5) is 13.8. The maximum atomic E-state index is 13.8. The fraction of sp³-hybridized carbons (Fsp3) is 0.526. The maximum absolute atomic E-state index is 13.8. The molecule has 0 N–H and O–H groups in total. The number of hydrogen-bond acceptors (Lipinski definition) is 2. The quantitative estimate of drug-likeness (QED) is 0.784. The van der Waals surface area contributed by atoms with Crippen LogP contribution in [0.25, 0.3) is 6.08 Å². The molecule has 1 aromatic rings. The molecular weight excluding hydrogens is 293 g/mol. The summed E-state index contributed by atoms with van der Waals surface area (Å²) >= 11 is 0. The van der Waals surface area contributed by atoms with E-state index in [0.29, 0.717) is 24.6 Å². The first kappa shape index (κ1) is 17.5. The molecule has 126 valence electrons. The van der Waals surface area contributed by atoms with Crippen LogP contribution in [-0.2, 0) is 4.74 Å². The third-order valence-corrected chi connectivity index (χ3v) is 4.00. The summed E-state index contributed by atoms with van der Waals surface area (Å²) in [5.41, 5.74) is 1.13. The minimum atomic E-state index is -0.462. The fourth-order valence-electron chi connectivity index (χ4n) is 2.69. The van der Waals surface area contributed by atoms with Crippen molar-refractivity contribution in [2.45, 2.75) is 46.1 Å². The molecule has 1 saturated heterocycles. The molecule has 0 spiro atoms. The van der Waals surface area contributed by atoms with Crippen LogP contribution in [0.2, 0.25) is 0 Å². The van der Waals surface area contributed by atoms with Crippen LogP contribution in [0.4, 0.5) is 9.18 Å². The Hall–Kier alpha value is -1.84. The number of halogens is 1. The number of ether oxygens (including phenoxy) is 1. The normalized spacial score (nSPS) is 16.8. The zero-order valence-corrected chi connectivity index (χ0v) is 14.4. The molecule has 1 aliphatic heterocycles. The molecule has 1 aromatic carbocycles. The number of benzene rings is 1. The first-order chi connectivity index (χ1) is 10.8. The van der Waals surface area contributed by atoms with Crippen molar-refractivity contribution in [3.05, 3.63) is 41.2 Å². The molecular formula is C19H26FNO2. The van der Waals surface area contributed by atoms with Crippen LogP contribution in [0, 0.1) is 18.7 Å². The largest absolute Gasteiger partial charge is 0.444 e. The highest BCUT2D eigenvalue weighted by Crippen LogP contribution is 2.23. The Morgan fingerprint density at radius 1 is 1.30 bits per heavy atom. The van der Waals surface area contributed by atoms with Gasteiger partial charge in [-0.15, -0.1) is 0 Å². The second-order valence-corrected chi connectivity index (χ2v) is 7.13. The molecule has 1 aliphatic rings. The number of piperidine rings is 1. The van der Waals surface area contributed by atoms with E-state index in [4.69, 9.17) is 4.74 Å². The van der Waals surface area contributed by atoms with E-state index in [2.05, 4.69) is 6.08 Å². The zero-order chi connectivity index (χ0) is 17.0. The van der Waals surface area contributed by atoms with Gasteiger partial charge >= 0.3 is 6.09 Å². The summed E-state index contributed by atoms with van der Waals surface area (Å²) in [6.07, 6.45) is 5.45.